The van der Waals surface area contributed by atoms with Crippen molar-refractivity contribution in [3.8, 4) is 0 Å². The standard InChI is InChI=1S/C15H17N5S/c1-19-7-6-16-12(19)8-20(2)14-13-10-4-3-5-11(10)21-15(13)18-9-17-14/h6-7,9H,3-5,8H2,1-2H3. The molecule has 1 aliphatic rings. The van der Waals surface area contributed by atoms with Crippen LogP contribution in [0.3, 0.4) is 0 Å². The van der Waals surface area contributed by atoms with Crippen LogP contribution in [0.4, 0.5) is 5.82 Å². The molecule has 0 aromatic carbocycles. The van der Waals surface area contributed by atoms with Crippen LogP contribution in [0.1, 0.15) is 22.7 Å². The van der Waals surface area contributed by atoms with E-state index < -0.39 is 0 Å². The van der Waals surface area contributed by atoms with Crippen LogP contribution in [0.15, 0.2) is 18.7 Å². The van der Waals surface area contributed by atoms with E-state index in [0.717, 1.165) is 29.4 Å². The number of hydrogen-bond donors (Lipinski definition) is 0. The molecule has 5 nitrogen and oxygen atoms in total. The lowest BCUT2D eigenvalue weighted by Crippen LogP contribution is -2.20. The molecule has 1 aliphatic carbocycles. The molecule has 6 heteroatoms. The zero-order valence-electron chi connectivity index (χ0n) is 12.2. The molecule has 4 rings (SSSR count). The predicted molar refractivity (Wildman–Crippen MR) is 84.8 cm³/mol. The first-order valence-corrected chi connectivity index (χ1v) is 7.98. The number of fused-ring (bicyclic) bond motifs is 3. The van der Waals surface area contributed by atoms with E-state index in [1.165, 1.54) is 28.7 Å². The summed E-state index contributed by atoms with van der Waals surface area (Å²) < 4.78 is 2.05. The fourth-order valence-electron chi connectivity index (χ4n) is 3.04. The summed E-state index contributed by atoms with van der Waals surface area (Å²) in [5.41, 5.74) is 1.47. The smallest absolute Gasteiger partial charge is 0.141 e. The lowest BCUT2D eigenvalue weighted by Gasteiger charge is -2.19. The third kappa shape index (κ3) is 2.01. The minimum atomic E-state index is 0.750. The van der Waals surface area contributed by atoms with Gasteiger partial charge in [-0.05, 0) is 24.8 Å². The highest BCUT2D eigenvalue weighted by atomic mass is 32.1. The second-order valence-electron chi connectivity index (χ2n) is 5.55. The number of nitrogens with zero attached hydrogens (tertiary/aromatic N) is 5. The average molecular weight is 299 g/mol. The van der Waals surface area contributed by atoms with Crippen molar-refractivity contribution >= 4 is 27.4 Å². The quantitative estimate of drug-likeness (QED) is 0.745. The molecule has 0 bridgehead atoms. The van der Waals surface area contributed by atoms with E-state index in [9.17, 15) is 0 Å². The van der Waals surface area contributed by atoms with Gasteiger partial charge in [-0.3, -0.25) is 0 Å². The van der Waals surface area contributed by atoms with Gasteiger partial charge in [0.1, 0.15) is 22.8 Å². The summed E-state index contributed by atoms with van der Waals surface area (Å²) >= 11 is 1.83. The molecule has 0 aliphatic heterocycles. The molecule has 21 heavy (non-hydrogen) atoms. The van der Waals surface area contributed by atoms with Crippen molar-refractivity contribution in [2.75, 3.05) is 11.9 Å². The Balaban J connectivity index is 1.77. The van der Waals surface area contributed by atoms with Crippen LogP contribution in [-0.2, 0) is 26.4 Å². The number of aryl methyl sites for hydroxylation is 3. The maximum Gasteiger partial charge on any atom is 0.141 e. The molecule has 0 saturated carbocycles. The third-order valence-corrected chi connectivity index (χ3v) is 5.34. The van der Waals surface area contributed by atoms with E-state index in [1.54, 1.807) is 6.33 Å². The van der Waals surface area contributed by atoms with Gasteiger partial charge >= 0.3 is 0 Å². The van der Waals surface area contributed by atoms with Crippen molar-refractivity contribution in [2.24, 2.45) is 7.05 Å². The molecule has 0 atom stereocenters. The SMILES string of the molecule is CN(Cc1nccn1C)c1ncnc2sc3c(c12)CCC3. The molecule has 3 heterocycles. The summed E-state index contributed by atoms with van der Waals surface area (Å²) in [5.74, 6) is 2.07. The Labute approximate surface area is 127 Å². The third-order valence-electron chi connectivity index (χ3n) is 4.14. The molecule has 108 valence electrons. The minimum Gasteiger partial charge on any atom is -0.352 e. The normalized spacial score (nSPS) is 13.8. The minimum absolute atomic E-state index is 0.750. The molecule has 0 unspecified atom stereocenters. The van der Waals surface area contributed by atoms with Gasteiger partial charge in [0.25, 0.3) is 0 Å². The van der Waals surface area contributed by atoms with Gasteiger partial charge in [0.15, 0.2) is 0 Å². The highest BCUT2D eigenvalue weighted by molar-refractivity contribution is 7.19. The summed E-state index contributed by atoms with van der Waals surface area (Å²) in [5, 5.41) is 1.26. The first-order valence-electron chi connectivity index (χ1n) is 7.16. The van der Waals surface area contributed by atoms with Crippen LogP contribution in [-0.4, -0.2) is 26.6 Å². The predicted octanol–water partition coefficient (Wildman–Crippen LogP) is 2.55. The molecule has 0 fully saturated rings. The number of thiophene rings is 1. The van der Waals surface area contributed by atoms with Crippen molar-refractivity contribution in [3.05, 3.63) is 35.0 Å². The number of rotatable bonds is 3. The van der Waals surface area contributed by atoms with E-state index in [1.807, 2.05) is 35.3 Å². The van der Waals surface area contributed by atoms with Crippen molar-refractivity contribution < 1.29 is 0 Å². The summed E-state index contributed by atoms with van der Waals surface area (Å²) in [6.45, 7) is 0.750. The summed E-state index contributed by atoms with van der Waals surface area (Å²) in [6.07, 6.45) is 9.10. The van der Waals surface area contributed by atoms with Crippen molar-refractivity contribution in [3.63, 3.8) is 0 Å². The van der Waals surface area contributed by atoms with Gasteiger partial charge in [-0.2, -0.15) is 0 Å². The first-order chi connectivity index (χ1) is 10.2. The molecular formula is C15H17N5S. The van der Waals surface area contributed by atoms with E-state index in [0.29, 0.717) is 0 Å². The van der Waals surface area contributed by atoms with Crippen molar-refractivity contribution in [1.82, 2.24) is 19.5 Å². The van der Waals surface area contributed by atoms with Gasteiger partial charge in [0.05, 0.1) is 11.9 Å². The lowest BCUT2D eigenvalue weighted by molar-refractivity contribution is 0.756. The maximum atomic E-state index is 4.55. The fourth-order valence-corrected chi connectivity index (χ4v) is 4.26. The topological polar surface area (TPSA) is 46.8 Å². The molecule has 0 radical (unpaired) electrons. The Morgan fingerprint density at radius 3 is 3.00 bits per heavy atom. The van der Waals surface area contributed by atoms with E-state index in [-0.39, 0.29) is 0 Å². The molecule has 0 amide bonds. The lowest BCUT2D eigenvalue weighted by atomic mass is 10.2. The van der Waals surface area contributed by atoms with Gasteiger partial charge < -0.3 is 9.47 Å². The number of anilines is 1. The van der Waals surface area contributed by atoms with Crippen molar-refractivity contribution in [2.45, 2.75) is 25.8 Å². The summed E-state index contributed by atoms with van der Waals surface area (Å²) in [6, 6.07) is 0. The zero-order chi connectivity index (χ0) is 14.4. The van der Waals surface area contributed by atoms with Gasteiger partial charge in [-0.15, -0.1) is 11.3 Å². The largest absolute Gasteiger partial charge is 0.352 e. The van der Waals surface area contributed by atoms with Gasteiger partial charge in [0, 0.05) is 31.4 Å². The Kier molecular flexibility index (Phi) is 2.92. The van der Waals surface area contributed by atoms with Crippen LogP contribution >= 0.6 is 11.3 Å². The van der Waals surface area contributed by atoms with Crippen molar-refractivity contribution in [1.29, 1.82) is 0 Å². The van der Waals surface area contributed by atoms with E-state index in [2.05, 4.69) is 26.9 Å². The second kappa shape index (κ2) is 4.80. The first kappa shape index (κ1) is 12.8. The van der Waals surface area contributed by atoms with Crippen LogP contribution in [0.25, 0.3) is 10.2 Å². The number of hydrogen-bond acceptors (Lipinski definition) is 5. The Hall–Kier alpha value is -1.95. The Morgan fingerprint density at radius 1 is 1.29 bits per heavy atom. The van der Waals surface area contributed by atoms with Crippen LogP contribution in [0.2, 0.25) is 0 Å². The maximum absolute atomic E-state index is 4.55. The molecule has 3 aromatic rings. The van der Waals surface area contributed by atoms with Crippen LogP contribution in [0.5, 0.6) is 0 Å². The second-order valence-corrected chi connectivity index (χ2v) is 6.63. The molecule has 0 N–H and O–H groups in total. The van der Waals surface area contributed by atoms with Gasteiger partial charge in [-0.25, -0.2) is 15.0 Å². The van der Waals surface area contributed by atoms with E-state index in [4.69, 9.17) is 0 Å². The number of imidazole rings is 1. The Bertz CT molecular complexity index is 804. The molecule has 0 spiro atoms. The Morgan fingerprint density at radius 2 is 2.19 bits per heavy atom. The van der Waals surface area contributed by atoms with Gasteiger partial charge in [-0.1, -0.05) is 0 Å². The van der Waals surface area contributed by atoms with Crippen LogP contribution < -0.4 is 4.90 Å². The molecule has 3 aromatic heterocycles. The molecular weight excluding hydrogens is 282 g/mol. The fraction of sp³-hybridized carbons (Fsp3) is 0.400. The van der Waals surface area contributed by atoms with E-state index >= 15 is 0 Å². The summed E-state index contributed by atoms with van der Waals surface area (Å²) in [4.78, 5) is 18.2. The number of aromatic nitrogens is 4. The zero-order valence-corrected chi connectivity index (χ0v) is 13.0. The monoisotopic (exact) mass is 299 g/mol. The molecule has 0 saturated heterocycles. The van der Waals surface area contributed by atoms with Gasteiger partial charge in [0.2, 0.25) is 0 Å². The average Bonchev–Trinajstić information content (AvgIpc) is 3.14. The summed E-state index contributed by atoms with van der Waals surface area (Å²) in [7, 11) is 4.10. The highest BCUT2D eigenvalue weighted by Crippen LogP contribution is 2.39. The highest BCUT2D eigenvalue weighted by Gasteiger charge is 2.22. The van der Waals surface area contributed by atoms with Crippen LogP contribution in [0, 0.1) is 0 Å².